The molecule has 1 N–H and O–H groups in total. The third-order valence-electron chi connectivity index (χ3n) is 5.01. The van der Waals surface area contributed by atoms with Gasteiger partial charge in [0.2, 0.25) is 10.0 Å². The van der Waals surface area contributed by atoms with Crippen molar-refractivity contribution in [3.05, 3.63) is 64.7 Å². The molecule has 1 aliphatic rings. The molecule has 10 heteroatoms. The topological polar surface area (TPSA) is 75.7 Å². The maximum atomic E-state index is 13.1. The number of benzene rings is 2. The monoisotopic (exact) mass is 456 g/mol. The van der Waals surface area contributed by atoms with Gasteiger partial charge in [0.05, 0.1) is 23.7 Å². The third-order valence-corrected chi connectivity index (χ3v) is 6.99. The van der Waals surface area contributed by atoms with E-state index in [2.05, 4.69) is 5.32 Å². The predicted molar refractivity (Wildman–Crippen MR) is 108 cm³/mol. The average molecular weight is 456 g/mol. The van der Waals surface area contributed by atoms with Gasteiger partial charge in [-0.25, -0.2) is 8.42 Å². The average Bonchev–Trinajstić information content (AvgIpc) is 2.77. The van der Waals surface area contributed by atoms with Crippen LogP contribution in [0.25, 0.3) is 0 Å². The summed E-state index contributed by atoms with van der Waals surface area (Å²) in [6, 6.07) is 9.10. The van der Waals surface area contributed by atoms with Crippen molar-refractivity contribution in [2.45, 2.75) is 31.0 Å². The van der Waals surface area contributed by atoms with Gasteiger partial charge in [0.1, 0.15) is 0 Å². The van der Waals surface area contributed by atoms with Crippen LogP contribution < -0.4 is 5.32 Å². The molecule has 31 heavy (non-hydrogen) atoms. The summed E-state index contributed by atoms with van der Waals surface area (Å²) in [6.45, 7) is 2.77. The van der Waals surface area contributed by atoms with Crippen LogP contribution in [0.5, 0.6) is 0 Å². The Bertz CT molecular complexity index is 1050. The second-order valence-electron chi connectivity index (χ2n) is 7.07. The first kappa shape index (κ1) is 23.2. The van der Waals surface area contributed by atoms with E-state index in [0.29, 0.717) is 25.2 Å². The van der Waals surface area contributed by atoms with Crippen molar-refractivity contribution in [3.8, 4) is 0 Å². The number of hydrogen-bond donors (Lipinski definition) is 1. The quantitative estimate of drug-likeness (QED) is 0.724. The molecule has 0 spiro atoms. The van der Waals surface area contributed by atoms with Crippen molar-refractivity contribution < 1.29 is 31.1 Å². The molecule has 1 heterocycles. The number of rotatable bonds is 6. The Labute approximate surface area is 179 Å². The summed E-state index contributed by atoms with van der Waals surface area (Å²) in [7, 11) is -3.80. The third kappa shape index (κ3) is 5.44. The minimum Gasteiger partial charge on any atom is -0.379 e. The normalized spacial score (nSPS) is 15.6. The van der Waals surface area contributed by atoms with Gasteiger partial charge in [0.15, 0.2) is 0 Å². The summed E-state index contributed by atoms with van der Waals surface area (Å²) in [6.07, 6.45) is -4.01. The number of amides is 1. The van der Waals surface area contributed by atoms with Crippen molar-refractivity contribution in [2.24, 2.45) is 0 Å². The Hall–Kier alpha value is -2.43. The molecule has 0 atom stereocenters. The highest BCUT2D eigenvalue weighted by atomic mass is 32.2. The molecule has 3 rings (SSSR count). The molecule has 1 amide bonds. The Morgan fingerprint density at radius 2 is 1.84 bits per heavy atom. The summed E-state index contributed by atoms with van der Waals surface area (Å²) in [5, 5.41) is 2.55. The van der Waals surface area contributed by atoms with Crippen molar-refractivity contribution in [3.63, 3.8) is 0 Å². The van der Waals surface area contributed by atoms with Crippen molar-refractivity contribution in [2.75, 3.05) is 26.3 Å². The molecule has 2 aromatic carbocycles. The van der Waals surface area contributed by atoms with Gasteiger partial charge >= 0.3 is 6.18 Å². The summed E-state index contributed by atoms with van der Waals surface area (Å²) in [5.41, 5.74) is 0.192. The van der Waals surface area contributed by atoms with E-state index in [1.807, 2.05) is 6.92 Å². The fraction of sp³-hybridized carbons (Fsp3) is 0.381. The number of nitrogens with one attached hydrogen (secondary N) is 1. The van der Waals surface area contributed by atoms with E-state index >= 15 is 0 Å². The lowest BCUT2D eigenvalue weighted by Gasteiger charge is -2.27. The summed E-state index contributed by atoms with van der Waals surface area (Å²) < 4.78 is 71.3. The molecule has 0 saturated carbocycles. The molecule has 1 aliphatic heterocycles. The molecule has 1 fully saturated rings. The molecular weight excluding hydrogens is 433 g/mol. The molecule has 168 valence electrons. The first-order valence-corrected chi connectivity index (χ1v) is 11.2. The molecule has 0 aliphatic carbocycles. The van der Waals surface area contributed by atoms with Gasteiger partial charge in [-0.05, 0) is 41.8 Å². The van der Waals surface area contributed by atoms with E-state index in [4.69, 9.17) is 4.74 Å². The van der Waals surface area contributed by atoms with Crippen LogP contribution >= 0.6 is 0 Å². The minimum atomic E-state index is -4.47. The van der Waals surface area contributed by atoms with Gasteiger partial charge < -0.3 is 10.1 Å². The zero-order valence-corrected chi connectivity index (χ0v) is 17.7. The summed E-state index contributed by atoms with van der Waals surface area (Å²) in [5.74, 6) is -0.571. The number of sulfonamides is 1. The number of hydrogen-bond acceptors (Lipinski definition) is 4. The maximum Gasteiger partial charge on any atom is 0.416 e. The highest BCUT2D eigenvalue weighted by molar-refractivity contribution is 7.89. The SMILES string of the molecule is CCc1ccc(C(=O)NCc2cccc(C(F)(F)F)c2)cc1S(=O)(=O)N1CCOCC1. The summed E-state index contributed by atoms with van der Waals surface area (Å²) in [4.78, 5) is 12.7. The number of ether oxygens (including phenoxy) is 1. The lowest BCUT2D eigenvalue weighted by Crippen LogP contribution is -2.41. The second kappa shape index (κ2) is 9.37. The van der Waals surface area contributed by atoms with Crippen LogP contribution in [-0.4, -0.2) is 44.9 Å². The Balaban J connectivity index is 1.80. The molecule has 6 nitrogen and oxygen atoms in total. The molecule has 0 radical (unpaired) electrons. The van der Waals surface area contributed by atoms with E-state index in [0.717, 1.165) is 12.1 Å². The summed E-state index contributed by atoms with van der Waals surface area (Å²) >= 11 is 0. The van der Waals surface area contributed by atoms with Crippen molar-refractivity contribution in [1.29, 1.82) is 0 Å². The molecule has 1 saturated heterocycles. The number of carbonyl (C=O) groups excluding carboxylic acids is 1. The van der Waals surface area contributed by atoms with Gasteiger partial charge in [0.25, 0.3) is 5.91 Å². The fourth-order valence-corrected chi connectivity index (χ4v) is 5.02. The van der Waals surface area contributed by atoms with Gasteiger partial charge in [0, 0.05) is 25.2 Å². The van der Waals surface area contributed by atoms with Gasteiger partial charge in [-0.15, -0.1) is 0 Å². The number of nitrogens with zero attached hydrogens (tertiary/aromatic N) is 1. The van der Waals surface area contributed by atoms with Crippen LogP contribution in [-0.2, 0) is 33.9 Å². The first-order valence-electron chi connectivity index (χ1n) is 9.78. The van der Waals surface area contributed by atoms with Crippen LogP contribution in [0.15, 0.2) is 47.4 Å². The van der Waals surface area contributed by atoms with Crippen LogP contribution in [0.2, 0.25) is 0 Å². The number of halogens is 3. The standard InChI is InChI=1S/C21H23F3N2O4S/c1-2-16-6-7-17(13-19(16)31(28,29)26-8-10-30-11-9-26)20(27)25-14-15-4-3-5-18(12-15)21(22,23)24/h3-7,12-13H,2,8-11,14H2,1H3,(H,25,27). The van der Waals surface area contributed by atoms with Gasteiger partial charge in [-0.1, -0.05) is 25.1 Å². The van der Waals surface area contributed by atoms with Crippen molar-refractivity contribution >= 4 is 15.9 Å². The van der Waals surface area contributed by atoms with E-state index in [1.165, 1.54) is 28.6 Å². The van der Waals surface area contributed by atoms with Crippen LogP contribution in [0, 0.1) is 0 Å². The number of aryl methyl sites for hydroxylation is 1. The smallest absolute Gasteiger partial charge is 0.379 e. The zero-order chi connectivity index (χ0) is 22.6. The number of alkyl halides is 3. The zero-order valence-electron chi connectivity index (χ0n) is 16.9. The van der Waals surface area contributed by atoms with Crippen molar-refractivity contribution in [1.82, 2.24) is 9.62 Å². The molecular formula is C21H23F3N2O4S. The predicted octanol–water partition coefficient (Wildman–Crippen LogP) is 3.22. The molecule has 2 aromatic rings. The number of carbonyl (C=O) groups is 1. The second-order valence-corrected chi connectivity index (χ2v) is 8.98. The lowest BCUT2D eigenvalue weighted by atomic mass is 10.1. The maximum absolute atomic E-state index is 13.1. The largest absolute Gasteiger partial charge is 0.416 e. The fourth-order valence-electron chi connectivity index (χ4n) is 3.30. The number of morpholine rings is 1. The van der Waals surface area contributed by atoms with Crippen LogP contribution in [0.1, 0.15) is 34.0 Å². The highest BCUT2D eigenvalue weighted by Gasteiger charge is 2.31. The van der Waals surface area contributed by atoms with E-state index in [-0.39, 0.29) is 35.7 Å². The first-order chi connectivity index (χ1) is 14.6. The van der Waals surface area contributed by atoms with Crippen LogP contribution in [0.4, 0.5) is 13.2 Å². The molecule has 0 aromatic heterocycles. The van der Waals surface area contributed by atoms with Gasteiger partial charge in [-0.3, -0.25) is 4.79 Å². The Morgan fingerprint density at radius 3 is 2.48 bits per heavy atom. The van der Waals surface area contributed by atoms with E-state index < -0.39 is 27.7 Å². The van der Waals surface area contributed by atoms with Gasteiger partial charge in [-0.2, -0.15) is 17.5 Å². The molecule has 0 bridgehead atoms. The minimum absolute atomic E-state index is 0.0589. The van der Waals surface area contributed by atoms with E-state index in [9.17, 15) is 26.4 Å². The van der Waals surface area contributed by atoms with E-state index in [1.54, 1.807) is 6.07 Å². The Kier molecular flexibility index (Phi) is 7.03. The molecule has 0 unspecified atom stereocenters. The van der Waals surface area contributed by atoms with Crippen LogP contribution in [0.3, 0.4) is 0 Å². The highest BCUT2D eigenvalue weighted by Crippen LogP contribution is 2.29. The Morgan fingerprint density at radius 1 is 1.13 bits per heavy atom. The lowest BCUT2D eigenvalue weighted by molar-refractivity contribution is -0.137.